The lowest BCUT2D eigenvalue weighted by Crippen LogP contribution is -2.43. The van der Waals surface area contributed by atoms with Gasteiger partial charge in [-0.25, -0.2) is 0 Å². The number of Topliss-reactive ketones (excluding diaryl/α,β-unsaturated/α-hetero) is 2. The highest BCUT2D eigenvalue weighted by atomic mass is 28.4. The second kappa shape index (κ2) is 15.5. The number of rotatable bonds is 16. The molecule has 0 aliphatic heterocycles. The molecule has 0 aromatic rings. The topological polar surface area (TPSA) is 78.9 Å². The number of unbranched alkanes of at least 4 members (excludes halogenated alkanes) is 3. The van der Waals surface area contributed by atoms with Crippen LogP contribution in [0.1, 0.15) is 113 Å². The molecule has 0 aromatic heterocycles. The van der Waals surface area contributed by atoms with Crippen LogP contribution >= 0.6 is 0 Å². The molecule has 0 heterocycles. The Morgan fingerprint density at radius 3 is 2.21 bits per heavy atom. The highest BCUT2D eigenvalue weighted by Gasteiger charge is 2.44. The maximum atomic E-state index is 13.1. The molecular weight excluding hydrogens is 496 g/mol. The van der Waals surface area contributed by atoms with Crippen LogP contribution < -0.4 is 0 Å². The van der Waals surface area contributed by atoms with E-state index in [4.69, 9.17) is 9.16 Å². The van der Waals surface area contributed by atoms with Gasteiger partial charge in [0, 0.05) is 37.5 Å². The van der Waals surface area contributed by atoms with Crippen molar-refractivity contribution in [3.63, 3.8) is 0 Å². The summed E-state index contributed by atoms with van der Waals surface area (Å²) in [6, 6.07) is 0. The second-order valence-corrected chi connectivity index (χ2v) is 18.2. The summed E-state index contributed by atoms with van der Waals surface area (Å²) >= 11 is 0. The number of ketones is 2. The van der Waals surface area contributed by atoms with E-state index in [-0.39, 0.29) is 58.6 Å². The minimum absolute atomic E-state index is 0.0110. The predicted molar refractivity (Wildman–Crippen MR) is 157 cm³/mol. The maximum absolute atomic E-state index is 13.1. The molecule has 4 atom stereocenters. The average Bonchev–Trinajstić information content (AvgIpc) is 3.05. The molecule has 38 heavy (non-hydrogen) atoms. The van der Waals surface area contributed by atoms with E-state index in [1.165, 1.54) is 7.11 Å². The van der Waals surface area contributed by atoms with E-state index in [2.05, 4.69) is 57.7 Å². The van der Waals surface area contributed by atoms with Gasteiger partial charge in [0.05, 0.1) is 24.9 Å². The van der Waals surface area contributed by atoms with Gasteiger partial charge in [0.2, 0.25) is 0 Å². The first kappa shape index (κ1) is 34.7. The maximum Gasteiger partial charge on any atom is 0.305 e. The largest absolute Gasteiger partial charge is 0.469 e. The normalized spacial score (nSPS) is 21.7. The summed E-state index contributed by atoms with van der Waals surface area (Å²) in [5.74, 6) is -0.623. The SMILES string of the molecule is CCCCCC(C=C[C@H]1C(OC(C)(C)C)CC(=O)[C@@H]1CC(=O)CCCCC(=O)OC)O[Si](C)(C)C(C)(C)C. The number of hydrogen-bond donors (Lipinski definition) is 0. The highest BCUT2D eigenvalue weighted by Crippen LogP contribution is 2.40. The number of hydrogen-bond acceptors (Lipinski definition) is 6. The van der Waals surface area contributed by atoms with Gasteiger partial charge in [0.25, 0.3) is 0 Å². The van der Waals surface area contributed by atoms with E-state index in [9.17, 15) is 14.4 Å². The first-order valence-corrected chi connectivity index (χ1v) is 17.6. The summed E-state index contributed by atoms with van der Waals surface area (Å²) < 4.78 is 17.8. The fourth-order valence-corrected chi connectivity index (χ4v) is 5.99. The van der Waals surface area contributed by atoms with E-state index in [0.29, 0.717) is 32.1 Å². The molecule has 0 aromatic carbocycles. The molecule has 7 heteroatoms. The van der Waals surface area contributed by atoms with Crippen LogP contribution in [-0.2, 0) is 28.3 Å². The van der Waals surface area contributed by atoms with Crippen LogP contribution in [-0.4, -0.2) is 50.8 Å². The molecule has 1 aliphatic rings. The van der Waals surface area contributed by atoms with Crippen molar-refractivity contribution in [2.45, 2.75) is 149 Å². The van der Waals surface area contributed by atoms with Gasteiger partial charge >= 0.3 is 5.97 Å². The van der Waals surface area contributed by atoms with Crippen molar-refractivity contribution in [2.24, 2.45) is 11.8 Å². The predicted octanol–water partition coefficient (Wildman–Crippen LogP) is 7.59. The summed E-state index contributed by atoms with van der Waals surface area (Å²) in [5.41, 5.74) is -0.387. The third kappa shape index (κ3) is 12.2. The highest BCUT2D eigenvalue weighted by molar-refractivity contribution is 6.74. The van der Waals surface area contributed by atoms with Crippen LogP contribution in [0.3, 0.4) is 0 Å². The van der Waals surface area contributed by atoms with Crippen molar-refractivity contribution in [2.75, 3.05) is 7.11 Å². The Hall–Kier alpha value is -1.31. The van der Waals surface area contributed by atoms with Crippen LogP contribution in [0.5, 0.6) is 0 Å². The molecule has 0 N–H and O–H groups in total. The summed E-state index contributed by atoms with van der Waals surface area (Å²) in [4.78, 5) is 37.3. The van der Waals surface area contributed by atoms with Crippen molar-refractivity contribution in [1.82, 2.24) is 0 Å². The molecule has 2 unspecified atom stereocenters. The Morgan fingerprint density at radius 1 is 1.03 bits per heavy atom. The average molecular weight is 553 g/mol. The molecule has 0 spiro atoms. The van der Waals surface area contributed by atoms with Crippen molar-refractivity contribution in [3.05, 3.63) is 12.2 Å². The molecule has 1 saturated carbocycles. The van der Waals surface area contributed by atoms with Crippen LogP contribution in [0.25, 0.3) is 0 Å². The van der Waals surface area contributed by atoms with Gasteiger partial charge in [-0.1, -0.05) is 59.1 Å². The van der Waals surface area contributed by atoms with Crippen molar-refractivity contribution in [3.8, 4) is 0 Å². The summed E-state index contributed by atoms with van der Waals surface area (Å²) in [7, 11) is -0.613. The Labute approximate surface area is 233 Å². The first-order valence-electron chi connectivity index (χ1n) is 14.7. The molecule has 1 rings (SSSR count). The lowest BCUT2D eigenvalue weighted by molar-refractivity contribution is -0.140. The van der Waals surface area contributed by atoms with Crippen molar-refractivity contribution < 1.29 is 28.3 Å². The monoisotopic (exact) mass is 552 g/mol. The van der Waals surface area contributed by atoms with Crippen LogP contribution in [0.2, 0.25) is 18.1 Å². The zero-order chi connectivity index (χ0) is 29.1. The molecule has 0 saturated heterocycles. The lowest BCUT2D eigenvalue weighted by atomic mass is 9.87. The zero-order valence-corrected chi connectivity index (χ0v) is 27.0. The molecule has 6 nitrogen and oxygen atoms in total. The lowest BCUT2D eigenvalue weighted by Gasteiger charge is -2.39. The van der Waals surface area contributed by atoms with Gasteiger partial charge in [-0.05, 0) is 58.2 Å². The standard InChI is InChI=1S/C31H56O6Si/c1-11-12-13-17-24(37-38(9,10)31(5,6)7)19-20-25-26(27(33)22-28(25)36-30(2,3)4)21-23(32)16-14-15-18-29(34)35-8/h19-20,24-26,28H,11-18,21-22H2,1-10H3/t24?,25-,26-,28?/m1/s1. The number of ether oxygens (including phenoxy) is 2. The molecule has 1 fully saturated rings. The Balaban J connectivity index is 3.08. The van der Waals surface area contributed by atoms with E-state index in [1.807, 2.05) is 20.8 Å². The number of carbonyl (C=O) groups is 3. The minimum Gasteiger partial charge on any atom is -0.469 e. The van der Waals surface area contributed by atoms with E-state index in [1.54, 1.807) is 0 Å². The van der Waals surface area contributed by atoms with Crippen LogP contribution in [0, 0.1) is 11.8 Å². The quantitative estimate of drug-likeness (QED) is 0.0849. The summed E-state index contributed by atoms with van der Waals surface area (Å²) in [6.45, 7) is 19.5. The van der Waals surface area contributed by atoms with Gasteiger partial charge in [0.1, 0.15) is 11.6 Å². The Kier molecular flexibility index (Phi) is 14.1. The summed E-state index contributed by atoms with van der Waals surface area (Å²) in [6.07, 6.45) is 10.9. The van der Waals surface area contributed by atoms with Gasteiger partial charge in [-0.3, -0.25) is 14.4 Å². The number of carbonyl (C=O) groups excluding carboxylic acids is 3. The smallest absolute Gasteiger partial charge is 0.305 e. The Bertz CT molecular complexity index is 789. The van der Waals surface area contributed by atoms with E-state index >= 15 is 0 Å². The van der Waals surface area contributed by atoms with Gasteiger partial charge in [-0.15, -0.1) is 0 Å². The fraction of sp³-hybridized carbons (Fsp3) is 0.839. The van der Waals surface area contributed by atoms with E-state index < -0.39 is 8.32 Å². The van der Waals surface area contributed by atoms with Gasteiger partial charge in [0.15, 0.2) is 8.32 Å². The number of methoxy groups -OCH3 is 1. The van der Waals surface area contributed by atoms with Crippen LogP contribution in [0.15, 0.2) is 12.2 Å². The molecular formula is C31H56O6Si. The molecule has 0 radical (unpaired) electrons. The zero-order valence-electron chi connectivity index (χ0n) is 26.0. The summed E-state index contributed by atoms with van der Waals surface area (Å²) in [5, 5.41) is 0.105. The molecule has 0 bridgehead atoms. The second-order valence-electron chi connectivity index (χ2n) is 13.4. The van der Waals surface area contributed by atoms with E-state index in [0.717, 1.165) is 25.7 Å². The van der Waals surface area contributed by atoms with Gasteiger partial charge < -0.3 is 13.9 Å². The molecule has 220 valence electrons. The van der Waals surface area contributed by atoms with Crippen LogP contribution in [0.4, 0.5) is 0 Å². The number of esters is 1. The Morgan fingerprint density at radius 2 is 1.66 bits per heavy atom. The van der Waals surface area contributed by atoms with Crippen molar-refractivity contribution in [1.29, 1.82) is 0 Å². The third-order valence-electron chi connectivity index (χ3n) is 7.87. The first-order chi connectivity index (χ1) is 17.5. The molecule has 0 amide bonds. The molecule has 1 aliphatic carbocycles. The fourth-order valence-electron chi connectivity index (χ4n) is 4.68. The van der Waals surface area contributed by atoms with Gasteiger partial charge in [-0.2, -0.15) is 0 Å². The van der Waals surface area contributed by atoms with Crippen molar-refractivity contribution >= 4 is 25.9 Å². The minimum atomic E-state index is -1.98. The third-order valence-corrected chi connectivity index (χ3v) is 12.4.